The Morgan fingerprint density at radius 1 is 1.41 bits per heavy atom. The summed E-state index contributed by atoms with van der Waals surface area (Å²) in [4.78, 5) is 0. The van der Waals surface area contributed by atoms with Crippen LogP contribution in [0.4, 0.5) is 13.2 Å². The van der Waals surface area contributed by atoms with Crippen molar-refractivity contribution < 1.29 is 17.9 Å². The summed E-state index contributed by atoms with van der Waals surface area (Å²) in [6, 6.07) is 5.41. The fraction of sp³-hybridized carbons (Fsp3) is 0.364. The molecule has 0 atom stereocenters. The Kier molecular flexibility index (Phi) is 4.35. The lowest BCUT2D eigenvalue weighted by Crippen LogP contribution is -2.11. The van der Waals surface area contributed by atoms with Crippen LogP contribution in [-0.2, 0) is 12.7 Å². The van der Waals surface area contributed by atoms with Crippen LogP contribution in [0, 0.1) is 11.3 Å². The van der Waals surface area contributed by atoms with Crippen LogP contribution in [-0.4, -0.2) is 13.7 Å². The minimum Gasteiger partial charge on any atom is -0.478 e. The summed E-state index contributed by atoms with van der Waals surface area (Å²) < 4.78 is 42.9. The number of halogens is 3. The zero-order chi connectivity index (χ0) is 12.9. The number of ether oxygens (including phenoxy) is 1. The van der Waals surface area contributed by atoms with Gasteiger partial charge >= 0.3 is 6.18 Å². The molecule has 0 aliphatic rings. The van der Waals surface area contributed by atoms with Crippen molar-refractivity contribution >= 4 is 0 Å². The average Bonchev–Trinajstić information content (AvgIpc) is 2.26. The molecule has 0 radical (unpaired) electrons. The minimum atomic E-state index is -4.49. The molecular formula is C11H11F3N2O. The van der Waals surface area contributed by atoms with E-state index in [1.165, 1.54) is 12.1 Å². The van der Waals surface area contributed by atoms with Crippen LogP contribution in [0.3, 0.4) is 0 Å². The van der Waals surface area contributed by atoms with Crippen LogP contribution >= 0.6 is 0 Å². The van der Waals surface area contributed by atoms with E-state index in [2.05, 4.69) is 5.32 Å². The highest BCUT2D eigenvalue weighted by molar-refractivity contribution is 5.39. The smallest absolute Gasteiger partial charge is 0.419 e. The molecule has 1 rings (SSSR count). The minimum absolute atomic E-state index is 0.320. The molecule has 0 saturated carbocycles. The van der Waals surface area contributed by atoms with Crippen molar-refractivity contribution in [1.29, 1.82) is 5.26 Å². The molecule has 0 spiro atoms. The Morgan fingerprint density at radius 2 is 2.12 bits per heavy atom. The van der Waals surface area contributed by atoms with Gasteiger partial charge in [-0.25, -0.2) is 0 Å². The van der Waals surface area contributed by atoms with Crippen molar-refractivity contribution in [2.45, 2.75) is 12.7 Å². The molecule has 92 valence electrons. The van der Waals surface area contributed by atoms with Crippen LogP contribution in [0.1, 0.15) is 11.1 Å². The van der Waals surface area contributed by atoms with Gasteiger partial charge in [0.15, 0.2) is 6.61 Å². The maximum absolute atomic E-state index is 12.7. The van der Waals surface area contributed by atoms with Gasteiger partial charge in [-0.2, -0.15) is 18.4 Å². The van der Waals surface area contributed by atoms with Gasteiger partial charge in [-0.05, 0) is 24.7 Å². The fourth-order valence-electron chi connectivity index (χ4n) is 1.35. The third-order valence-corrected chi connectivity index (χ3v) is 2.02. The fourth-order valence-corrected chi connectivity index (χ4v) is 1.35. The van der Waals surface area contributed by atoms with Gasteiger partial charge in [0.1, 0.15) is 11.8 Å². The van der Waals surface area contributed by atoms with Gasteiger partial charge in [0.05, 0.1) is 5.56 Å². The monoisotopic (exact) mass is 244 g/mol. The molecule has 0 aromatic heterocycles. The van der Waals surface area contributed by atoms with E-state index in [1.807, 2.05) is 0 Å². The second kappa shape index (κ2) is 5.55. The van der Waals surface area contributed by atoms with Crippen molar-refractivity contribution in [1.82, 2.24) is 5.32 Å². The topological polar surface area (TPSA) is 45.0 Å². The maximum atomic E-state index is 12.7. The standard InChI is InChI=1S/C11H11F3N2O/c1-16-7-8-2-3-10(17-5-4-15)9(6-8)11(12,13)14/h2-3,6,16H,5,7H2,1H3. The normalized spacial score (nSPS) is 11.0. The van der Waals surface area contributed by atoms with Gasteiger partial charge in [0, 0.05) is 6.54 Å². The van der Waals surface area contributed by atoms with Crippen LogP contribution < -0.4 is 10.1 Å². The number of nitrogens with one attached hydrogen (secondary N) is 1. The zero-order valence-electron chi connectivity index (χ0n) is 9.14. The molecule has 17 heavy (non-hydrogen) atoms. The number of rotatable bonds is 4. The summed E-state index contributed by atoms with van der Waals surface area (Å²) in [6.07, 6.45) is -4.49. The van der Waals surface area contributed by atoms with E-state index in [-0.39, 0.29) is 5.75 Å². The summed E-state index contributed by atoms with van der Waals surface area (Å²) in [5.74, 6) is -0.320. The molecule has 0 aliphatic carbocycles. The predicted octanol–water partition coefficient (Wildman–Crippen LogP) is 2.33. The lowest BCUT2D eigenvalue weighted by molar-refractivity contribution is -0.138. The molecule has 0 amide bonds. The Morgan fingerprint density at radius 3 is 2.65 bits per heavy atom. The molecule has 0 saturated heterocycles. The van der Waals surface area contributed by atoms with E-state index in [9.17, 15) is 13.2 Å². The van der Waals surface area contributed by atoms with Gasteiger partial charge in [-0.15, -0.1) is 0 Å². The van der Waals surface area contributed by atoms with E-state index in [1.54, 1.807) is 13.1 Å². The molecule has 1 aromatic rings. The highest BCUT2D eigenvalue weighted by Crippen LogP contribution is 2.36. The Balaban J connectivity index is 3.09. The van der Waals surface area contributed by atoms with Gasteiger partial charge in [-0.3, -0.25) is 0 Å². The highest BCUT2D eigenvalue weighted by atomic mass is 19.4. The maximum Gasteiger partial charge on any atom is 0.419 e. The first-order valence-electron chi connectivity index (χ1n) is 4.83. The number of nitriles is 1. The summed E-state index contributed by atoms with van der Waals surface area (Å²) >= 11 is 0. The predicted molar refractivity (Wildman–Crippen MR) is 55.3 cm³/mol. The molecule has 1 N–H and O–H groups in total. The summed E-state index contributed by atoms with van der Waals surface area (Å²) in [5.41, 5.74) is -0.357. The number of nitrogens with zero attached hydrogens (tertiary/aromatic N) is 1. The van der Waals surface area contributed by atoms with E-state index in [0.29, 0.717) is 12.1 Å². The van der Waals surface area contributed by atoms with Crippen LogP contribution in [0.5, 0.6) is 5.75 Å². The Hall–Kier alpha value is -1.74. The first kappa shape index (κ1) is 13.3. The summed E-state index contributed by atoms with van der Waals surface area (Å²) in [6.45, 7) is -0.0733. The van der Waals surface area contributed by atoms with Gasteiger partial charge in [-0.1, -0.05) is 6.07 Å². The molecule has 0 fully saturated rings. The second-order valence-corrected chi connectivity index (χ2v) is 3.31. The number of alkyl halides is 3. The molecular weight excluding hydrogens is 233 g/mol. The van der Waals surface area contributed by atoms with Crippen LogP contribution in [0.25, 0.3) is 0 Å². The number of benzene rings is 1. The van der Waals surface area contributed by atoms with Gasteiger partial charge in [0.2, 0.25) is 0 Å². The van der Waals surface area contributed by atoms with Crippen LogP contribution in [0.15, 0.2) is 18.2 Å². The molecule has 1 aromatic carbocycles. The Bertz CT molecular complexity index is 424. The van der Waals surface area contributed by atoms with E-state index >= 15 is 0 Å². The quantitative estimate of drug-likeness (QED) is 0.884. The van der Waals surface area contributed by atoms with E-state index in [0.717, 1.165) is 6.07 Å². The first-order chi connectivity index (χ1) is 7.99. The number of hydrogen-bond donors (Lipinski definition) is 1. The summed E-state index contributed by atoms with van der Waals surface area (Å²) in [7, 11) is 1.65. The SMILES string of the molecule is CNCc1ccc(OCC#N)c(C(F)(F)F)c1. The molecule has 0 unspecified atom stereocenters. The van der Waals surface area contributed by atoms with Crippen molar-refractivity contribution in [3.8, 4) is 11.8 Å². The summed E-state index contributed by atoms with van der Waals surface area (Å²) in [5, 5.41) is 11.1. The van der Waals surface area contributed by atoms with E-state index in [4.69, 9.17) is 10.00 Å². The Labute approximate surface area is 96.8 Å². The van der Waals surface area contributed by atoms with Gasteiger partial charge < -0.3 is 10.1 Å². The van der Waals surface area contributed by atoms with Crippen LogP contribution in [0.2, 0.25) is 0 Å². The zero-order valence-corrected chi connectivity index (χ0v) is 9.14. The number of hydrogen-bond acceptors (Lipinski definition) is 3. The first-order valence-corrected chi connectivity index (χ1v) is 4.83. The third kappa shape index (κ3) is 3.64. The molecule has 0 heterocycles. The molecule has 6 heteroatoms. The van der Waals surface area contributed by atoms with Crippen molar-refractivity contribution in [3.63, 3.8) is 0 Å². The van der Waals surface area contributed by atoms with Crippen molar-refractivity contribution in [3.05, 3.63) is 29.3 Å². The van der Waals surface area contributed by atoms with Crippen molar-refractivity contribution in [2.75, 3.05) is 13.7 Å². The lowest BCUT2D eigenvalue weighted by Gasteiger charge is -2.14. The van der Waals surface area contributed by atoms with Crippen molar-refractivity contribution in [2.24, 2.45) is 0 Å². The van der Waals surface area contributed by atoms with Gasteiger partial charge in [0.25, 0.3) is 0 Å². The largest absolute Gasteiger partial charge is 0.478 e. The molecule has 0 aliphatic heterocycles. The highest BCUT2D eigenvalue weighted by Gasteiger charge is 2.34. The lowest BCUT2D eigenvalue weighted by atomic mass is 10.1. The third-order valence-electron chi connectivity index (χ3n) is 2.02. The second-order valence-electron chi connectivity index (χ2n) is 3.31. The molecule has 0 bridgehead atoms. The average molecular weight is 244 g/mol. The molecule has 3 nitrogen and oxygen atoms in total. The van der Waals surface area contributed by atoms with E-state index < -0.39 is 18.3 Å².